The number of aliphatic imine (C=N–C) groups is 1. The Morgan fingerprint density at radius 1 is 1.27 bits per heavy atom. The van der Waals surface area contributed by atoms with E-state index in [9.17, 15) is 0 Å². The smallest absolute Gasteiger partial charge is 0.191 e. The predicted molar refractivity (Wildman–Crippen MR) is 119 cm³/mol. The van der Waals surface area contributed by atoms with Gasteiger partial charge in [0.25, 0.3) is 0 Å². The van der Waals surface area contributed by atoms with Crippen LogP contribution in [0.1, 0.15) is 12.5 Å². The molecule has 1 aromatic carbocycles. The van der Waals surface area contributed by atoms with Crippen LogP contribution in [-0.4, -0.2) is 55.2 Å². The molecule has 8 heteroatoms. The van der Waals surface area contributed by atoms with Crippen LogP contribution in [0.15, 0.2) is 40.8 Å². The highest BCUT2D eigenvalue weighted by Crippen LogP contribution is 2.19. The third-order valence-corrected chi connectivity index (χ3v) is 5.05. The molecular weight excluding hydrogens is 461 g/mol. The van der Waals surface area contributed by atoms with Crippen LogP contribution in [0.5, 0.6) is 5.75 Å². The molecule has 0 saturated carbocycles. The highest BCUT2D eigenvalue weighted by atomic mass is 127. The molecule has 6 nitrogen and oxygen atoms in total. The Bertz CT molecular complexity index is 687. The summed E-state index contributed by atoms with van der Waals surface area (Å²) in [5, 5.41) is 3.10. The van der Waals surface area contributed by atoms with Crippen molar-refractivity contribution >= 4 is 46.4 Å². The number of guanidine groups is 1. The number of piperazine rings is 1. The molecule has 0 aliphatic carbocycles. The Labute approximate surface area is 176 Å². The van der Waals surface area contributed by atoms with Gasteiger partial charge in [-0.3, -0.25) is 4.99 Å². The molecule has 3 rings (SSSR count). The van der Waals surface area contributed by atoms with Crippen molar-refractivity contribution in [2.24, 2.45) is 10.7 Å². The van der Waals surface area contributed by atoms with E-state index in [0.717, 1.165) is 43.5 Å². The fourth-order valence-electron chi connectivity index (χ4n) is 2.90. The first-order valence-corrected chi connectivity index (χ1v) is 9.56. The second-order valence-electron chi connectivity index (χ2n) is 5.82. The molecule has 1 fully saturated rings. The Balaban J connectivity index is 0.00000243. The third kappa shape index (κ3) is 5.47. The number of hydrogen-bond donors (Lipinski definition) is 1. The topological polar surface area (TPSA) is 67.0 Å². The molecule has 0 radical (unpaired) electrons. The maximum Gasteiger partial charge on any atom is 0.191 e. The summed E-state index contributed by atoms with van der Waals surface area (Å²) in [6.45, 7) is 6.95. The van der Waals surface area contributed by atoms with Crippen molar-refractivity contribution in [3.05, 3.63) is 41.4 Å². The van der Waals surface area contributed by atoms with Crippen molar-refractivity contribution in [2.45, 2.75) is 13.3 Å². The third-order valence-electron chi connectivity index (χ3n) is 4.22. The lowest BCUT2D eigenvalue weighted by Gasteiger charge is -2.35. The average molecular weight is 487 g/mol. The molecule has 2 heterocycles. The number of thiazole rings is 1. The van der Waals surface area contributed by atoms with Gasteiger partial charge in [-0.05, 0) is 25.0 Å². The summed E-state index contributed by atoms with van der Waals surface area (Å²) in [6.07, 6.45) is 2.68. The number of hydrogen-bond acceptors (Lipinski definition) is 5. The van der Waals surface area contributed by atoms with Crippen LogP contribution in [0.3, 0.4) is 0 Å². The molecule has 2 aromatic rings. The van der Waals surface area contributed by atoms with Gasteiger partial charge in [0.15, 0.2) is 11.1 Å². The molecule has 0 spiro atoms. The molecule has 0 bridgehead atoms. The van der Waals surface area contributed by atoms with E-state index in [2.05, 4.69) is 25.8 Å². The standard InChI is InChI=1S/C18H25N5OS.HI/c1-2-24-16-6-4-3-5-15(16)7-8-20-17(19)22-10-12-23(13-11-22)18-21-9-14-25-18;/h3-6,9,14H,2,7-8,10-13H2,1H3,(H2,19,20);1H. The number of nitrogens with zero attached hydrogens (tertiary/aromatic N) is 4. The van der Waals surface area contributed by atoms with Crippen LogP contribution in [0, 0.1) is 0 Å². The van der Waals surface area contributed by atoms with Crippen LogP contribution in [0.4, 0.5) is 5.13 Å². The minimum absolute atomic E-state index is 0. The zero-order valence-corrected chi connectivity index (χ0v) is 18.2. The molecular formula is C18H26IN5OS. The van der Waals surface area contributed by atoms with Gasteiger partial charge in [0.05, 0.1) is 6.61 Å². The summed E-state index contributed by atoms with van der Waals surface area (Å²) in [7, 11) is 0. The Morgan fingerprint density at radius 2 is 2.04 bits per heavy atom. The molecule has 0 atom stereocenters. The monoisotopic (exact) mass is 487 g/mol. The molecule has 2 N–H and O–H groups in total. The second kappa shape index (κ2) is 10.6. The van der Waals surface area contributed by atoms with Crippen LogP contribution >= 0.6 is 35.3 Å². The van der Waals surface area contributed by atoms with Crippen LogP contribution < -0.4 is 15.4 Å². The van der Waals surface area contributed by atoms with Gasteiger partial charge in [-0.1, -0.05) is 18.2 Å². The van der Waals surface area contributed by atoms with Crippen LogP contribution in [0.2, 0.25) is 0 Å². The summed E-state index contributed by atoms with van der Waals surface area (Å²) in [4.78, 5) is 13.4. The van der Waals surface area contributed by atoms with Gasteiger partial charge in [0.2, 0.25) is 0 Å². The fraction of sp³-hybridized carbons (Fsp3) is 0.444. The lowest BCUT2D eigenvalue weighted by molar-refractivity contribution is 0.336. The maximum absolute atomic E-state index is 6.19. The van der Waals surface area contributed by atoms with Gasteiger partial charge in [-0.15, -0.1) is 35.3 Å². The van der Waals surface area contributed by atoms with Crippen molar-refractivity contribution < 1.29 is 4.74 Å². The minimum Gasteiger partial charge on any atom is -0.494 e. The van der Waals surface area contributed by atoms with E-state index >= 15 is 0 Å². The Hall–Kier alpha value is -1.55. The van der Waals surface area contributed by atoms with E-state index in [1.165, 1.54) is 5.56 Å². The zero-order valence-electron chi connectivity index (χ0n) is 15.0. The van der Waals surface area contributed by atoms with Crippen molar-refractivity contribution in [1.82, 2.24) is 9.88 Å². The first-order chi connectivity index (χ1) is 12.3. The summed E-state index contributed by atoms with van der Waals surface area (Å²) in [5.41, 5.74) is 7.36. The Morgan fingerprint density at radius 3 is 2.73 bits per heavy atom. The summed E-state index contributed by atoms with van der Waals surface area (Å²) in [6, 6.07) is 8.12. The van der Waals surface area contributed by atoms with Crippen molar-refractivity contribution in [2.75, 3.05) is 44.2 Å². The number of halogens is 1. The first kappa shape index (κ1) is 20.8. The Kier molecular flexibility index (Phi) is 8.43. The van der Waals surface area contributed by atoms with Gasteiger partial charge < -0.3 is 20.3 Å². The second-order valence-corrected chi connectivity index (χ2v) is 6.69. The summed E-state index contributed by atoms with van der Waals surface area (Å²) >= 11 is 1.68. The molecule has 1 saturated heterocycles. The largest absolute Gasteiger partial charge is 0.494 e. The highest BCUT2D eigenvalue weighted by molar-refractivity contribution is 14.0. The quantitative estimate of drug-likeness (QED) is 0.386. The lowest BCUT2D eigenvalue weighted by atomic mass is 10.1. The molecule has 1 aliphatic heterocycles. The number of nitrogens with two attached hydrogens (primary N) is 1. The fourth-order valence-corrected chi connectivity index (χ4v) is 3.59. The molecule has 0 amide bonds. The SMILES string of the molecule is CCOc1ccccc1CCN=C(N)N1CCN(c2nccs2)CC1.I. The first-order valence-electron chi connectivity index (χ1n) is 8.68. The lowest BCUT2D eigenvalue weighted by Crippen LogP contribution is -2.51. The van der Waals surface area contributed by atoms with E-state index in [-0.39, 0.29) is 24.0 Å². The van der Waals surface area contributed by atoms with E-state index in [4.69, 9.17) is 10.5 Å². The van der Waals surface area contributed by atoms with Crippen molar-refractivity contribution in [3.8, 4) is 5.75 Å². The zero-order chi connectivity index (χ0) is 17.5. The van der Waals surface area contributed by atoms with Gasteiger partial charge in [0, 0.05) is 44.3 Å². The van der Waals surface area contributed by atoms with Crippen LogP contribution in [0.25, 0.3) is 0 Å². The highest BCUT2D eigenvalue weighted by Gasteiger charge is 2.19. The number of rotatable bonds is 6. The molecule has 142 valence electrons. The maximum atomic E-state index is 6.19. The number of para-hydroxylation sites is 1. The molecule has 1 aliphatic rings. The van der Waals surface area contributed by atoms with E-state index in [1.54, 1.807) is 11.3 Å². The molecule has 0 unspecified atom stereocenters. The molecule has 26 heavy (non-hydrogen) atoms. The van der Waals surface area contributed by atoms with Crippen molar-refractivity contribution in [3.63, 3.8) is 0 Å². The van der Waals surface area contributed by atoms with E-state index in [0.29, 0.717) is 19.1 Å². The minimum atomic E-state index is 0. The van der Waals surface area contributed by atoms with Crippen molar-refractivity contribution in [1.29, 1.82) is 0 Å². The predicted octanol–water partition coefficient (Wildman–Crippen LogP) is 2.84. The number of anilines is 1. The molecule has 1 aromatic heterocycles. The van der Waals surface area contributed by atoms with E-state index < -0.39 is 0 Å². The van der Waals surface area contributed by atoms with Gasteiger partial charge in [0.1, 0.15) is 5.75 Å². The van der Waals surface area contributed by atoms with E-state index in [1.807, 2.05) is 36.7 Å². The number of ether oxygens (including phenoxy) is 1. The van der Waals surface area contributed by atoms with Gasteiger partial charge >= 0.3 is 0 Å². The van der Waals surface area contributed by atoms with Gasteiger partial charge in [-0.25, -0.2) is 4.98 Å². The van der Waals surface area contributed by atoms with Crippen LogP contribution in [-0.2, 0) is 6.42 Å². The van der Waals surface area contributed by atoms with Gasteiger partial charge in [-0.2, -0.15) is 0 Å². The number of benzene rings is 1. The normalized spacial score (nSPS) is 14.9. The average Bonchev–Trinajstić information content (AvgIpc) is 3.18. The summed E-state index contributed by atoms with van der Waals surface area (Å²) in [5.74, 6) is 1.57. The summed E-state index contributed by atoms with van der Waals surface area (Å²) < 4.78 is 5.66. The number of aromatic nitrogens is 1.